The third kappa shape index (κ3) is 1.82. The molecule has 0 N–H and O–H groups in total. The SMILES string of the molecule is CC(C)c1nnc(S(C)(=O)=O)o1. The van der Waals surface area contributed by atoms with Crippen LogP contribution in [0.4, 0.5) is 0 Å². The quantitative estimate of drug-likeness (QED) is 0.682. The average molecular weight is 190 g/mol. The van der Waals surface area contributed by atoms with Crippen LogP contribution in [-0.2, 0) is 9.84 Å². The maximum Gasteiger partial charge on any atom is 0.335 e. The van der Waals surface area contributed by atoms with Crippen LogP contribution in [0.15, 0.2) is 9.64 Å². The molecule has 0 aliphatic heterocycles. The second kappa shape index (κ2) is 2.85. The van der Waals surface area contributed by atoms with E-state index in [1.807, 2.05) is 13.8 Å². The van der Waals surface area contributed by atoms with E-state index in [1.54, 1.807) is 0 Å². The van der Waals surface area contributed by atoms with Crippen LogP contribution in [0.5, 0.6) is 0 Å². The van der Waals surface area contributed by atoms with Gasteiger partial charge in [-0.25, -0.2) is 8.42 Å². The molecule has 1 heterocycles. The molecule has 1 aromatic rings. The number of rotatable bonds is 2. The molecule has 0 spiro atoms. The molecule has 0 aliphatic rings. The molecule has 0 atom stereocenters. The highest BCUT2D eigenvalue weighted by Gasteiger charge is 2.17. The maximum atomic E-state index is 10.9. The summed E-state index contributed by atoms with van der Waals surface area (Å²) >= 11 is 0. The average Bonchev–Trinajstić information content (AvgIpc) is 2.30. The van der Waals surface area contributed by atoms with Crippen molar-refractivity contribution in [1.82, 2.24) is 10.2 Å². The second-order valence-electron chi connectivity index (χ2n) is 2.83. The van der Waals surface area contributed by atoms with E-state index < -0.39 is 9.84 Å². The zero-order chi connectivity index (χ0) is 9.35. The number of aromatic nitrogens is 2. The van der Waals surface area contributed by atoms with Crippen LogP contribution in [0.25, 0.3) is 0 Å². The molecule has 0 aliphatic carbocycles. The Hall–Kier alpha value is -0.910. The topological polar surface area (TPSA) is 73.1 Å². The van der Waals surface area contributed by atoms with Gasteiger partial charge in [0.25, 0.3) is 0 Å². The highest BCUT2D eigenvalue weighted by Crippen LogP contribution is 2.14. The zero-order valence-electron chi connectivity index (χ0n) is 7.10. The molecule has 12 heavy (non-hydrogen) atoms. The normalized spacial score (nSPS) is 12.3. The van der Waals surface area contributed by atoms with Crippen molar-refractivity contribution in [3.05, 3.63) is 5.89 Å². The van der Waals surface area contributed by atoms with Gasteiger partial charge in [-0.15, -0.1) is 5.10 Å². The molecule has 0 unspecified atom stereocenters. The molecule has 0 amide bonds. The Morgan fingerprint density at radius 3 is 2.17 bits per heavy atom. The first-order valence-corrected chi connectivity index (χ1v) is 5.34. The van der Waals surface area contributed by atoms with E-state index in [4.69, 9.17) is 4.42 Å². The standard InChI is InChI=1S/C6H10N2O3S/c1-4(2)5-7-8-6(11-5)12(3,9)10/h4H,1-3H3. The van der Waals surface area contributed by atoms with Crippen LogP contribution in [0.3, 0.4) is 0 Å². The van der Waals surface area contributed by atoms with Crippen LogP contribution >= 0.6 is 0 Å². The Bertz CT molecular complexity index is 366. The summed E-state index contributed by atoms with van der Waals surface area (Å²) in [6.07, 6.45) is 1.03. The van der Waals surface area contributed by atoms with Gasteiger partial charge in [-0.2, -0.15) is 0 Å². The fraction of sp³-hybridized carbons (Fsp3) is 0.667. The third-order valence-corrected chi connectivity index (χ3v) is 2.03. The van der Waals surface area contributed by atoms with Crippen molar-refractivity contribution in [3.63, 3.8) is 0 Å². The largest absolute Gasteiger partial charge is 0.412 e. The summed E-state index contributed by atoms with van der Waals surface area (Å²) in [6.45, 7) is 3.69. The van der Waals surface area contributed by atoms with Gasteiger partial charge in [-0.3, -0.25) is 0 Å². The fourth-order valence-corrected chi connectivity index (χ4v) is 1.03. The fourth-order valence-electron chi connectivity index (χ4n) is 0.604. The van der Waals surface area contributed by atoms with Gasteiger partial charge >= 0.3 is 5.22 Å². The first-order valence-electron chi connectivity index (χ1n) is 3.44. The molecular formula is C6H10N2O3S. The van der Waals surface area contributed by atoms with Crippen LogP contribution in [0.1, 0.15) is 25.7 Å². The Balaban J connectivity index is 3.09. The van der Waals surface area contributed by atoms with Crippen molar-refractivity contribution in [1.29, 1.82) is 0 Å². The van der Waals surface area contributed by atoms with Crippen LogP contribution < -0.4 is 0 Å². The molecule has 6 heteroatoms. The Labute approximate surface area is 70.7 Å². The molecule has 0 bridgehead atoms. The predicted molar refractivity (Wildman–Crippen MR) is 41.5 cm³/mol. The van der Waals surface area contributed by atoms with Crippen molar-refractivity contribution in [2.45, 2.75) is 25.0 Å². The highest BCUT2D eigenvalue weighted by molar-refractivity contribution is 7.90. The number of hydrogen-bond donors (Lipinski definition) is 0. The van der Waals surface area contributed by atoms with Crippen LogP contribution in [0, 0.1) is 0 Å². The van der Waals surface area contributed by atoms with E-state index in [0.29, 0.717) is 5.89 Å². The summed E-state index contributed by atoms with van der Waals surface area (Å²) in [5.41, 5.74) is 0. The van der Waals surface area contributed by atoms with Gasteiger partial charge in [0.15, 0.2) is 0 Å². The Morgan fingerprint density at radius 1 is 1.33 bits per heavy atom. The third-order valence-electron chi connectivity index (χ3n) is 1.23. The van der Waals surface area contributed by atoms with Gasteiger partial charge in [0, 0.05) is 12.2 Å². The number of sulfone groups is 1. The van der Waals surface area contributed by atoms with Crippen molar-refractivity contribution in [3.8, 4) is 0 Å². The summed E-state index contributed by atoms with van der Waals surface area (Å²) in [5, 5.41) is 6.68. The molecule has 0 saturated carbocycles. The van der Waals surface area contributed by atoms with Gasteiger partial charge < -0.3 is 4.42 Å². The van der Waals surface area contributed by atoms with E-state index in [2.05, 4.69) is 10.2 Å². The lowest BCUT2D eigenvalue weighted by Crippen LogP contribution is -1.96. The van der Waals surface area contributed by atoms with E-state index in [1.165, 1.54) is 0 Å². The Kier molecular flexibility index (Phi) is 2.18. The lowest BCUT2D eigenvalue weighted by Gasteiger charge is -1.93. The minimum absolute atomic E-state index is 0.0491. The van der Waals surface area contributed by atoms with Crippen molar-refractivity contribution in [2.24, 2.45) is 0 Å². The summed E-state index contributed by atoms with van der Waals surface area (Å²) in [5.74, 6) is 0.392. The number of hydrogen-bond acceptors (Lipinski definition) is 5. The van der Waals surface area contributed by atoms with Crippen molar-refractivity contribution >= 4 is 9.84 Å². The minimum Gasteiger partial charge on any atom is -0.412 e. The molecule has 68 valence electrons. The minimum atomic E-state index is -3.36. The molecule has 5 nitrogen and oxygen atoms in total. The first kappa shape index (κ1) is 9.18. The lowest BCUT2D eigenvalue weighted by molar-refractivity contribution is 0.385. The second-order valence-corrected chi connectivity index (χ2v) is 4.73. The lowest BCUT2D eigenvalue weighted by atomic mass is 10.2. The molecule has 0 radical (unpaired) electrons. The van der Waals surface area contributed by atoms with Gasteiger partial charge in [0.2, 0.25) is 15.7 Å². The first-order chi connectivity index (χ1) is 5.41. The van der Waals surface area contributed by atoms with Gasteiger partial charge in [-0.1, -0.05) is 18.9 Å². The highest BCUT2D eigenvalue weighted by atomic mass is 32.2. The molecule has 0 aromatic carbocycles. The monoisotopic (exact) mass is 190 g/mol. The smallest absolute Gasteiger partial charge is 0.335 e. The molecule has 1 rings (SSSR count). The van der Waals surface area contributed by atoms with Crippen LogP contribution in [-0.4, -0.2) is 24.9 Å². The zero-order valence-corrected chi connectivity index (χ0v) is 7.92. The van der Waals surface area contributed by atoms with Gasteiger partial charge in [0.1, 0.15) is 0 Å². The molecule has 1 aromatic heterocycles. The van der Waals surface area contributed by atoms with Gasteiger partial charge in [0.05, 0.1) is 0 Å². The summed E-state index contributed by atoms with van der Waals surface area (Å²) in [4.78, 5) is 0. The van der Waals surface area contributed by atoms with Crippen molar-refractivity contribution in [2.75, 3.05) is 6.26 Å². The van der Waals surface area contributed by atoms with E-state index in [0.717, 1.165) is 6.26 Å². The summed E-state index contributed by atoms with van der Waals surface area (Å²) in [7, 11) is -3.36. The summed E-state index contributed by atoms with van der Waals surface area (Å²) < 4.78 is 26.6. The Morgan fingerprint density at radius 2 is 1.92 bits per heavy atom. The van der Waals surface area contributed by atoms with E-state index in [-0.39, 0.29) is 11.1 Å². The van der Waals surface area contributed by atoms with E-state index >= 15 is 0 Å². The van der Waals surface area contributed by atoms with Crippen LogP contribution in [0.2, 0.25) is 0 Å². The summed E-state index contributed by atoms with van der Waals surface area (Å²) in [6, 6.07) is 0. The van der Waals surface area contributed by atoms with Gasteiger partial charge in [-0.05, 0) is 0 Å². The number of nitrogens with zero attached hydrogens (tertiary/aromatic N) is 2. The van der Waals surface area contributed by atoms with E-state index in [9.17, 15) is 8.42 Å². The molecular weight excluding hydrogens is 180 g/mol. The maximum absolute atomic E-state index is 10.9. The predicted octanol–water partition coefficient (Wildman–Crippen LogP) is 0.597. The molecule has 0 saturated heterocycles. The molecule has 0 fully saturated rings. The van der Waals surface area contributed by atoms with Crippen molar-refractivity contribution < 1.29 is 12.8 Å².